The molecule has 0 heterocycles. The lowest BCUT2D eigenvalue weighted by Crippen LogP contribution is -2.23. The highest BCUT2D eigenvalue weighted by Gasteiger charge is 1.70. The van der Waals surface area contributed by atoms with E-state index in [1.54, 1.807) is 0 Å². The van der Waals surface area contributed by atoms with Crippen molar-refractivity contribution in [1.82, 2.24) is 0 Å². The molecule has 0 rings (SSSR count). The Morgan fingerprint density at radius 2 is 1.23 bits per heavy atom. The molecule has 0 unspecified atom stereocenters. The summed E-state index contributed by atoms with van der Waals surface area (Å²) in [6.07, 6.45) is -1.83. The maximum atomic E-state index is 8.56. The summed E-state index contributed by atoms with van der Waals surface area (Å²) in [5.41, 5.74) is 18.3. The summed E-state index contributed by atoms with van der Waals surface area (Å²) in [7, 11) is 0. The van der Waals surface area contributed by atoms with Crippen molar-refractivity contribution in [2.45, 2.75) is 0 Å². The minimum absolute atomic E-state index is 0.0926. The van der Waals surface area contributed by atoms with Crippen LogP contribution < -0.4 is 28.8 Å². The van der Waals surface area contributed by atoms with E-state index < -0.39 is 6.16 Å². The van der Waals surface area contributed by atoms with Crippen LogP contribution in [0.4, 0.5) is 4.79 Å². The van der Waals surface area contributed by atoms with Crippen molar-refractivity contribution in [2.75, 3.05) is 0 Å². The number of carbonyl (C=O) groups is 1. The lowest BCUT2D eigenvalue weighted by atomic mass is 11.1. The third-order valence-corrected chi connectivity index (χ3v) is 0.149. The number of hydrazone groups is 1. The molecule has 0 saturated carbocycles. The van der Waals surface area contributed by atoms with E-state index >= 15 is 0 Å². The van der Waals surface area contributed by atoms with Gasteiger partial charge in [-0.3, -0.25) is 5.41 Å². The Morgan fingerprint density at radius 3 is 1.23 bits per heavy atom. The fraction of sp³-hybridized carbons (Fsp3) is 0. The van der Waals surface area contributed by atoms with Gasteiger partial charge in [0.25, 0.3) is 0 Å². The van der Waals surface area contributed by atoms with Gasteiger partial charge in [0.2, 0.25) is 5.96 Å². The summed E-state index contributed by atoms with van der Waals surface area (Å²) in [6, 6.07) is 0. The molecule has 0 amide bonds. The molecule has 0 spiro atoms. The van der Waals surface area contributed by atoms with Gasteiger partial charge in [-0.1, -0.05) is 0 Å². The Bertz CT molecular complexity index is 154. The van der Waals surface area contributed by atoms with E-state index in [2.05, 4.69) is 22.4 Å². The topological polar surface area (TPSA) is 224 Å². The standard InChI is InChI=1S/CH6N4.CH5N3.CH2O3/c2-1(3)5-4;2*2-1(3)4/h4H2,(H4,2,3,5);(H5,2,3,4);(H2,2,3,4). The molecule has 0 aliphatic heterocycles. The number of hydrogen-bond acceptors (Lipinski definition) is 4. The van der Waals surface area contributed by atoms with Crippen LogP contribution in [-0.4, -0.2) is 28.3 Å². The van der Waals surface area contributed by atoms with Crippen LogP contribution in [0.2, 0.25) is 0 Å². The minimum Gasteiger partial charge on any atom is -0.450 e. The molecule has 78 valence electrons. The molecule has 0 aromatic carbocycles. The summed E-state index contributed by atoms with van der Waals surface area (Å²) in [4.78, 5) is 8.56. The van der Waals surface area contributed by atoms with Crippen molar-refractivity contribution in [1.29, 1.82) is 5.41 Å². The summed E-state index contributed by atoms with van der Waals surface area (Å²) in [5, 5.41) is 22.9. The second kappa shape index (κ2) is 12.3. The zero-order chi connectivity index (χ0) is 11.4. The Morgan fingerprint density at radius 1 is 1.15 bits per heavy atom. The number of nitrogens with two attached hydrogens (primary N) is 5. The molecule has 0 fully saturated rings. The second-order valence-corrected chi connectivity index (χ2v) is 1.29. The molecule has 0 bridgehead atoms. The van der Waals surface area contributed by atoms with E-state index in [0.29, 0.717) is 0 Å². The summed E-state index contributed by atoms with van der Waals surface area (Å²) in [5.74, 6) is 4.08. The first kappa shape index (κ1) is 16.9. The third kappa shape index (κ3) is 3660. The van der Waals surface area contributed by atoms with Crippen molar-refractivity contribution in [2.24, 2.45) is 33.9 Å². The highest BCUT2D eigenvalue weighted by atomic mass is 16.6. The van der Waals surface area contributed by atoms with E-state index in [0.717, 1.165) is 0 Å². The zero-order valence-electron chi connectivity index (χ0n) is 6.64. The van der Waals surface area contributed by atoms with Crippen molar-refractivity contribution in [3.05, 3.63) is 0 Å². The molecule has 13 heavy (non-hydrogen) atoms. The lowest BCUT2D eigenvalue weighted by molar-refractivity contribution is 0.137. The first-order chi connectivity index (χ1) is 5.73. The number of nitrogens with one attached hydrogen (secondary N) is 1. The Hall–Kier alpha value is -2.39. The Labute approximate surface area is 73.5 Å². The molecule has 0 radical (unpaired) electrons. The van der Waals surface area contributed by atoms with E-state index in [1.807, 2.05) is 0 Å². The fourth-order valence-electron chi connectivity index (χ4n) is 0. The quantitative estimate of drug-likeness (QED) is 0.0868. The average molecular weight is 195 g/mol. The van der Waals surface area contributed by atoms with Crippen LogP contribution in [0.1, 0.15) is 0 Å². The van der Waals surface area contributed by atoms with Gasteiger partial charge in [-0.2, -0.15) is 0 Å². The highest BCUT2D eigenvalue weighted by molar-refractivity contribution is 5.75. The third-order valence-electron chi connectivity index (χ3n) is 0.149. The molecular formula is C3H13N7O3. The monoisotopic (exact) mass is 195 g/mol. The highest BCUT2D eigenvalue weighted by Crippen LogP contribution is 1.42. The summed E-state index contributed by atoms with van der Waals surface area (Å²) < 4.78 is 0. The minimum atomic E-state index is -1.83. The van der Waals surface area contributed by atoms with Crippen LogP contribution in [0, 0.1) is 5.41 Å². The molecule has 10 heteroatoms. The summed E-state index contributed by atoms with van der Waals surface area (Å²) >= 11 is 0. The van der Waals surface area contributed by atoms with E-state index in [4.69, 9.17) is 31.9 Å². The molecular weight excluding hydrogens is 182 g/mol. The fourth-order valence-corrected chi connectivity index (χ4v) is 0. The average Bonchev–Trinajstić information content (AvgIpc) is 1.84. The van der Waals surface area contributed by atoms with Crippen LogP contribution in [-0.2, 0) is 0 Å². The van der Waals surface area contributed by atoms with Gasteiger partial charge < -0.3 is 39.0 Å². The van der Waals surface area contributed by atoms with E-state index in [1.165, 1.54) is 0 Å². The van der Waals surface area contributed by atoms with Crippen LogP contribution in [0.25, 0.3) is 0 Å². The SMILES string of the molecule is N=C(N)N.NN=C(N)N.O=C(O)O. The van der Waals surface area contributed by atoms with Crippen molar-refractivity contribution in [3.8, 4) is 0 Å². The van der Waals surface area contributed by atoms with Gasteiger partial charge in [-0.05, 0) is 0 Å². The molecule has 0 saturated heterocycles. The Kier molecular flexibility index (Phi) is 16.0. The predicted molar refractivity (Wildman–Crippen MR) is 46.8 cm³/mol. The number of hydrogen-bond donors (Lipinski definition) is 8. The van der Waals surface area contributed by atoms with Crippen molar-refractivity contribution < 1.29 is 15.0 Å². The lowest BCUT2D eigenvalue weighted by Gasteiger charge is -1.76. The zero-order valence-corrected chi connectivity index (χ0v) is 6.64. The molecule has 0 aliphatic rings. The molecule has 13 N–H and O–H groups in total. The van der Waals surface area contributed by atoms with Crippen LogP contribution in [0.15, 0.2) is 5.10 Å². The smallest absolute Gasteiger partial charge is 0.450 e. The molecule has 0 atom stereocenters. The van der Waals surface area contributed by atoms with Crippen molar-refractivity contribution in [3.63, 3.8) is 0 Å². The van der Waals surface area contributed by atoms with Gasteiger partial charge in [0.05, 0.1) is 0 Å². The second-order valence-electron chi connectivity index (χ2n) is 1.29. The number of rotatable bonds is 0. The first-order valence-corrected chi connectivity index (χ1v) is 2.54. The van der Waals surface area contributed by atoms with Gasteiger partial charge in [0, 0.05) is 0 Å². The van der Waals surface area contributed by atoms with Gasteiger partial charge >= 0.3 is 6.16 Å². The molecule has 0 aromatic heterocycles. The molecule has 0 aromatic rings. The largest absolute Gasteiger partial charge is 0.503 e. The van der Waals surface area contributed by atoms with Gasteiger partial charge in [-0.25, -0.2) is 4.79 Å². The van der Waals surface area contributed by atoms with Gasteiger partial charge in [0.15, 0.2) is 5.96 Å². The first-order valence-electron chi connectivity index (χ1n) is 2.54. The van der Waals surface area contributed by atoms with Crippen LogP contribution in [0.5, 0.6) is 0 Å². The van der Waals surface area contributed by atoms with Gasteiger partial charge in [0.1, 0.15) is 0 Å². The van der Waals surface area contributed by atoms with Crippen molar-refractivity contribution >= 4 is 18.1 Å². The maximum Gasteiger partial charge on any atom is 0.503 e. The normalized spacial score (nSPS) is 6.15. The predicted octanol–water partition coefficient (Wildman–Crippen LogP) is -2.81. The maximum absolute atomic E-state index is 8.56. The molecule has 10 nitrogen and oxygen atoms in total. The van der Waals surface area contributed by atoms with E-state index in [9.17, 15) is 0 Å². The molecule has 0 aliphatic carbocycles. The summed E-state index contributed by atoms with van der Waals surface area (Å²) in [6.45, 7) is 0. The van der Waals surface area contributed by atoms with Crippen LogP contribution >= 0.6 is 0 Å². The van der Waals surface area contributed by atoms with Gasteiger partial charge in [-0.15, -0.1) is 5.10 Å². The Balaban J connectivity index is -0.000000117. The number of guanidine groups is 2. The number of carboxylic acid groups (broad SMARTS) is 2. The van der Waals surface area contributed by atoms with Crippen LogP contribution in [0.3, 0.4) is 0 Å². The number of nitrogens with zero attached hydrogens (tertiary/aromatic N) is 1. The van der Waals surface area contributed by atoms with E-state index in [-0.39, 0.29) is 11.9 Å².